The van der Waals surface area contributed by atoms with Gasteiger partial charge in [-0.1, -0.05) is 6.07 Å². The van der Waals surface area contributed by atoms with Crippen LogP contribution in [0.5, 0.6) is 0 Å². The highest BCUT2D eigenvalue weighted by molar-refractivity contribution is 7.20. The smallest absolute Gasteiger partial charge is 0.133 e. The van der Waals surface area contributed by atoms with Gasteiger partial charge in [-0.15, -0.1) is 22.7 Å². The molecule has 3 aromatic heterocycles. The highest BCUT2D eigenvalue weighted by Gasteiger charge is 2.12. The maximum Gasteiger partial charge on any atom is 0.133 e. The standard InChI is InChI=1S/C15H18N4OS2/c1-10-11(2)18-19(5-6-20)14(10)16-8-12-9-22-15(17-12)13-4-3-7-21-13/h3-4,7,9,16,20H,5-6,8H2,1-2H3. The van der Waals surface area contributed by atoms with E-state index in [0.29, 0.717) is 13.1 Å². The van der Waals surface area contributed by atoms with Crippen molar-refractivity contribution in [3.05, 3.63) is 39.8 Å². The molecule has 0 saturated heterocycles. The Balaban J connectivity index is 1.73. The number of thiophene rings is 1. The van der Waals surface area contributed by atoms with E-state index in [1.54, 1.807) is 22.7 Å². The van der Waals surface area contributed by atoms with Gasteiger partial charge in [0.25, 0.3) is 0 Å². The minimum atomic E-state index is 0.0778. The van der Waals surface area contributed by atoms with Crippen molar-refractivity contribution in [2.75, 3.05) is 11.9 Å². The summed E-state index contributed by atoms with van der Waals surface area (Å²) in [6, 6.07) is 4.13. The Labute approximate surface area is 137 Å². The summed E-state index contributed by atoms with van der Waals surface area (Å²) in [5.74, 6) is 0.956. The first-order valence-corrected chi connectivity index (χ1v) is 8.82. The molecule has 22 heavy (non-hydrogen) atoms. The van der Waals surface area contributed by atoms with Crippen molar-refractivity contribution in [2.45, 2.75) is 26.9 Å². The van der Waals surface area contributed by atoms with Gasteiger partial charge in [-0.05, 0) is 25.3 Å². The Morgan fingerprint density at radius 1 is 1.32 bits per heavy atom. The summed E-state index contributed by atoms with van der Waals surface area (Å²) in [4.78, 5) is 5.87. The van der Waals surface area contributed by atoms with E-state index in [2.05, 4.69) is 32.2 Å². The molecule has 0 fully saturated rings. The zero-order valence-electron chi connectivity index (χ0n) is 12.5. The Kier molecular flexibility index (Phi) is 4.56. The van der Waals surface area contributed by atoms with Crippen LogP contribution in [0.4, 0.5) is 5.82 Å². The van der Waals surface area contributed by atoms with Gasteiger partial charge in [0, 0.05) is 10.9 Å². The number of rotatable bonds is 6. The lowest BCUT2D eigenvalue weighted by atomic mass is 10.3. The zero-order chi connectivity index (χ0) is 15.5. The summed E-state index contributed by atoms with van der Waals surface area (Å²) in [6.07, 6.45) is 0. The predicted octanol–water partition coefficient (Wildman–Crippen LogP) is 3.29. The lowest BCUT2D eigenvalue weighted by molar-refractivity contribution is 0.270. The summed E-state index contributed by atoms with van der Waals surface area (Å²) in [7, 11) is 0. The Bertz CT molecular complexity index is 746. The number of nitrogens with zero attached hydrogens (tertiary/aromatic N) is 3. The maximum absolute atomic E-state index is 9.14. The number of aryl methyl sites for hydroxylation is 1. The first kappa shape index (κ1) is 15.2. The van der Waals surface area contributed by atoms with Gasteiger partial charge in [0.2, 0.25) is 0 Å². The van der Waals surface area contributed by atoms with Crippen molar-refractivity contribution in [3.8, 4) is 9.88 Å². The third-order valence-corrected chi connectivity index (χ3v) is 5.39. The van der Waals surface area contributed by atoms with Gasteiger partial charge in [0.1, 0.15) is 10.8 Å². The van der Waals surface area contributed by atoms with Gasteiger partial charge in [-0.2, -0.15) is 5.10 Å². The molecule has 3 aromatic rings. The molecule has 0 atom stereocenters. The molecule has 0 unspecified atom stereocenters. The molecule has 116 valence electrons. The van der Waals surface area contributed by atoms with Crippen LogP contribution in [0, 0.1) is 13.8 Å². The SMILES string of the molecule is Cc1nn(CCO)c(NCc2csc(-c3cccs3)n2)c1C. The lowest BCUT2D eigenvalue weighted by Gasteiger charge is -2.08. The van der Waals surface area contributed by atoms with E-state index in [0.717, 1.165) is 27.8 Å². The van der Waals surface area contributed by atoms with Gasteiger partial charge < -0.3 is 10.4 Å². The topological polar surface area (TPSA) is 63.0 Å². The van der Waals surface area contributed by atoms with E-state index in [-0.39, 0.29) is 6.61 Å². The second kappa shape index (κ2) is 6.60. The van der Waals surface area contributed by atoms with E-state index < -0.39 is 0 Å². The zero-order valence-corrected chi connectivity index (χ0v) is 14.2. The van der Waals surface area contributed by atoms with Gasteiger partial charge in [-0.25, -0.2) is 9.67 Å². The molecule has 3 heterocycles. The molecule has 0 spiro atoms. The first-order valence-electron chi connectivity index (χ1n) is 7.06. The number of hydrogen-bond donors (Lipinski definition) is 2. The molecular formula is C15H18N4OS2. The average Bonchev–Trinajstić information content (AvgIpc) is 3.21. The van der Waals surface area contributed by atoms with Crippen LogP contribution in [0.25, 0.3) is 9.88 Å². The van der Waals surface area contributed by atoms with Gasteiger partial charge in [0.15, 0.2) is 0 Å². The van der Waals surface area contributed by atoms with Crippen molar-refractivity contribution >= 4 is 28.5 Å². The fourth-order valence-electron chi connectivity index (χ4n) is 2.23. The molecule has 2 N–H and O–H groups in total. The van der Waals surface area contributed by atoms with Crippen LogP contribution < -0.4 is 5.32 Å². The quantitative estimate of drug-likeness (QED) is 0.726. The Hall–Kier alpha value is -1.70. The third-order valence-electron chi connectivity index (χ3n) is 3.46. The summed E-state index contributed by atoms with van der Waals surface area (Å²) in [5.41, 5.74) is 3.11. The molecule has 0 radical (unpaired) electrons. The van der Waals surface area contributed by atoms with Crippen LogP contribution in [0.3, 0.4) is 0 Å². The molecule has 0 aliphatic rings. The number of nitrogens with one attached hydrogen (secondary N) is 1. The molecule has 0 aromatic carbocycles. The molecule has 5 nitrogen and oxygen atoms in total. The van der Waals surface area contributed by atoms with Gasteiger partial charge in [0.05, 0.1) is 36.0 Å². The molecular weight excluding hydrogens is 316 g/mol. The number of aromatic nitrogens is 3. The number of aliphatic hydroxyl groups is 1. The Morgan fingerprint density at radius 2 is 2.18 bits per heavy atom. The molecule has 7 heteroatoms. The van der Waals surface area contributed by atoms with E-state index in [9.17, 15) is 0 Å². The number of anilines is 1. The number of hydrogen-bond acceptors (Lipinski definition) is 6. The molecule has 0 aliphatic carbocycles. The fraction of sp³-hybridized carbons (Fsp3) is 0.333. The van der Waals surface area contributed by atoms with Crippen LogP contribution in [-0.2, 0) is 13.1 Å². The molecule has 0 amide bonds. The van der Waals surface area contributed by atoms with Crippen molar-refractivity contribution in [1.82, 2.24) is 14.8 Å². The first-order chi connectivity index (χ1) is 10.7. The molecule has 0 bridgehead atoms. The summed E-state index contributed by atoms with van der Waals surface area (Å²) in [6.45, 7) is 5.24. The average molecular weight is 334 g/mol. The van der Waals surface area contributed by atoms with Crippen LogP contribution >= 0.6 is 22.7 Å². The van der Waals surface area contributed by atoms with Crippen LogP contribution in [0.15, 0.2) is 22.9 Å². The Morgan fingerprint density at radius 3 is 2.91 bits per heavy atom. The third kappa shape index (κ3) is 3.06. The number of aliphatic hydroxyl groups excluding tert-OH is 1. The fourth-order valence-corrected chi connectivity index (χ4v) is 3.86. The van der Waals surface area contributed by atoms with E-state index >= 15 is 0 Å². The monoisotopic (exact) mass is 334 g/mol. The molecule has 0 saturated carbocycles. The van der Waals surface area contributed by atoms with Crippen LogP contribution in [0.1, 0.15) is 17.0 Å². The normalized spacial score (nSPS) is 11.0. The van der Waals surface area contributed by atoms with Gasteiger partial charge >= 0.3 is 0 Å². The highest BCUT2D eigenvalue weighted by Crippen LogP contribution is 2.28. The van der Waals surface area contributed by atoms with E-state index in [4.69, 9.17) is 5.11 Å². The van der Waals surface area contributed by atoms with E-state index in [1.165, 1.54) is 4.88 Å². The van der Waals surface area contributed by atoms with Crippen molar-refractivity contribution in [2.24, 2.45) is 0 Å². The highest BCUT2D eigenvalue weighted by atomic mass is 32.1. The maximum atomic E-state index is 9.14. The predicted molar refractivity (Wildman–Crippen MR) is 91.5 cm³/mol. The van der Waals surface area contributed by atoms with Gasteiger partial charge in [-0.3, -0.25) is 0 Å². The van der Waals surface area contributed by atoms with Crippen LogP contribution in [-0.4, -0.2) is 26.5 Å². The second-order valence-electron chi connectivity index (χ2n) is 4.98. The van der Waals surface area contributed by atoms with Crippen LogP contribution in [0.2, 0.25) is 0 Å². The molecule has 3 rings (SSSR count). The number of thiazole rings is 1. The summed E-state index contributed by atoms with van der Waals surface area (Å²) >= 11 is 3.37. The van der Waals surface area contributed by atoms with Crippen molar-refractivity contribution < 1.29 is 5.11 Å². The second-order valence-corrected chi connectivity index (χ2v) is 6.79. The molecule has 0 aliphatic heterocycles. The summed E-state index contributed by atoms with van der Waals surface area (Å²) in [5, 5.41) is 22.2. The lowest BCUT2D eigenvalue weighted by Crippen LogP contribution is -2.11. The van der Waals surface area contributed by atoms with E-state index in [1.807, 2.05) is 24.6 Å². The van der Waals surface area contributed by atoms with Crippen molar-refractivity contribution in [1.29, 1.82) is 0 Å². The summed E-state index contributed by atoms with van der Waals surface area (Å²) < 4.78 is 1.82. The largest absolute Gasteiger partial charge is 0.394 e. The van der Waals surface area contributed by atoms with Crippen molar-refractivity contribution in [3.63, 3.8) is 0 Å². The minimum absolute atomic E-state index is 0.0778. The minimum Gasteiger partial charge on any atom is -0.394 e.